The predicted octanol–water partition coefficient (Wildman–Crippen LogP) is 5.33. The van der Waals surface area contributed by atoms with Crippen molar-refractivity contribution in [2.45, 2.75) is 63.5 Å². The van der Waals surface area contributed by atoms with Crippen LogP contribution in [0.5, 0.6) is 11.5 Å². The van der Waals surface area contributed by atoms with Crippen molar-refractivity contribution < 1.29 is 43.1 Å². The van der Waals surface area contributed by atoms with Gasteiger partial charge in [0.1, 0.15) is 28.0 Å². The summed E-state index contributed by atoms with van der Waals surface area (Å²) in [5.41, 5.74) is -7.08. The van der Waals surface area contributed by atoms with Crippen LogP contribution in [-0.4, -0.2) is 33.5 Å². The molecule has 0 aromatic heterocycles. The normalized spacial score (nSPS) is 13.7. The van der Waals surface area contributed by atoms with E-state index in [0.29, 0.717) is 11.5 Å². The summed E-state index contributed by atoms with van der Waals surface area (Å²) < 4.78 is 102. The maximum atomic E-state index is 12.9. The lowest BCUT2D eigenvalue weighted by Crippen LogP contribution is -2.30. The summed E-state index contributed by atoms with van der Waals surface area (Å²) in [6, 6.07) is 11.0. The third-order valence-electron chi connectivity index (χ3n) is 3.97. The lowest BCUT2D eigenvalue weighted by Gasteiger charge is -2.23. The molecular formula is C22H27F3O7S2. The molecule has 0 saturated heterocycles. The van der Waals surface area contributed by atoms with Crippen molar-refractivity contribution >= 4 is 20.2 Å². The highest BCUT2D eigenvalue weighted by Crippen LogP contribution is 2.37. The van der Waals surface area contributed by atoms with Gasteiger partial charge in [0.15, 0.2) is 0 Å². The van der Waals surface area contributed by atoms with E-state index in [9.17, 15) is 30.0 Å². The van der Waals surface area contributed by atoms with Crippen LogP contribution < -0.4 is 9.47 Å². The van der Waals surface area contributed by atoms with Crippen molar-refractivity contribution in [3.8, 4) is 11.5 Å². The minimum Gasteiger partial charge on any atom is -0.488 e. The lowest BCUT2D eigenvalue weighted by atomic mass is 10.0. The van der Waals surface area contributed by atoms with Crippen LogP contribution in [0, 0.1) is 0 Å². The van der Waals surface area contributed by atoms with E-state index in [0.717, 1.165) is 0 Å². The van der Waals surface area contributed by atoms with E-state index in [4.69, 9.17) is 9.47 Å². The van der Waals surface area contributed by atoms with Gasteiger partial charge in [-0.3, -0.25) is 0 Å². The topological polar surface area (TPSA) is 96.0 Å². The first kappa shape index (κ1) is 27.9. The van der Waals surface area contributed by atoms with Crippen molar-refractivity contribution in [2.24, 2.45) is 0 Å². The Morgan fingerprint density at radius 2 is 0.971 bits per heavy atom. The summed E-state index contributed by atoms with van der Waals surface area (Å²) >= 11 is 0. The Balaban J connectivity index is 2.56. The fourth-order valence-electron chi connectivity index (χ4n) is 2.86. The van der Waals surface area contributed by atoms with E-state index in [-0.39, 0.29) is 11.1 Å². The zero-order chi connectivity index (χ0) is 26.2. The van der Waals surface area contributed by atoms with E-state index in [1.165, 1.54) is 48.5 Å². The third kappa shape index (κ3) is 7.60. The lowest BCUT2D eigenvalue weighted by molar-refractivity contribution is -0.0498. The van der Waals surface area contributed by atoms with Crippen molar-refractivity contribution in [2.75, 3.05) is 0 Å². The number of rotatable bonds is 7. The van der Waals surface area contributed by atoms with Crippen LogP contribution >= 0.6 is 0 Å². The number of ether oxygens (including phenoxy) is 2. The van der Waals surface area contributed by atoms with Gasteiger partial charge in [0.05, 0.1) is 0 Å². The highest BCUT2D eigenvalue weighted by Gasteiger charge is 2.51. The molecule has 0 saturated carbocycles. The second-order valence-electron chi connectivity index (χ2n) is 9.41. The fraction of sp³-hybridized carbons (Fsp3) is 0.455. The first-order valence-electron chi connectivity index (χ1n) is 10.0. The Kier molecular flexibility index (Phi) is 7.71. The first-order chi connectivity index (χ1) is 15.2. The molecule has 2 aromatic rings. The molecule has 7 nitrogen and oxygen atoms in total. The van der Waals surface area contributed by atoms with Crippen molar-refractivity contribution in [1.29, 1.82) is 0 Å². The van der Waals surface area contributed by atoms with Gasteiger partial charge in [-0.15, -0.1) is 3.63 Å². The molecule has 2 rings (SSSR count). The van der Waals surface area contributed by atoms with Gasteiger partial charge >= 0.3 is 15.6 Å². The quantitative estimate of drug-likeness (QED) is 0.452. The van der Waals surface area contributed by atoms with Gasteiger partial charge in [0, 0.05) is 0 Å². The Morgan fingerprint density at radius 3 is 1.24 bits per heavy atom. The van der Waals surface area contributed by atoms with E-state index in [1.54, 1.807) is 41.5 Å². The van der Waals surface area contributed by atoms with E-state index in [1.807, 2.05) is 0 Å². The first-order valence-corrected chi connectivity index (χ1v) is 12.9. The van der Waals surface area contributed by atoms with Crippen LogP contribution in [0.15, 0.2) is 48.5 Å². The standard InChI is InChI=1S/C22H27F3O7S2/c1-20(2,3)30-17-11-7-15(8-12-17)19(33(26,27)32-34(28,29)22(23,24)25)16-9-13-18(14-10-16)31-21(4,5)6/h7-14,19H,1-6H3. The van der Waals surface area contributed by atoms with Crippen LogP contribution in [-0.2, 0) is 23.9 Å². The Hall–Kier alpha value is -2.31. The van der Waals surface area contributed by atoms with Gasteiger partial charge in [-0.25, -0.2) is 0 Å². The van der Waals surface area contributed by atoms with Crippen LogP contribution in [0.4, 0.5) is 13.2 Å². The summed E-state index contributed by atoms with van der Waals surface area (Å²) in [6.45, 7) is 10.8. The van der Waals surface area contributed by atoms with Crippen LogP contribution in [0.3, 0.4) is 0 Å². The van der Waals surface area contributed by atoms with Crippen LogP contribution in [0.1, 0.15) is 57.9 Å². The maximum Gasteiger partial charge on any atom is 0.524 e. The average Bonchev–Trinajstić information content (AvgIpc) is 2.60. The smallest absolute Gasteiger partial charge is 0.488 e. The summed E-state index contributed by atoms with van der Waals surface area (Å²) in [5.74, 6) is 0.760. The van der Waals surface area contributed by atoms with Gasteiger partial charge in [0.25, 0.3) is 10.1 Å². The average molecular weight is 525 g/mol. The molecule has 0 aliphatic carbocycles. The maximum absolute atomic E-state index is 12.9. The highest BCUT2D eigenvalue weighted by atomic mass is 32.3. The van der Waals surface area contributed by atoms with Gasteiger partial charge in [-0.1, -0.05) is 24.3 Å². The number of alkyl halides is 3. The Labute approximate surface area is 198 Å². The zero-order valence-electron chi connectivity index (χ0n) is 19.5. The van der Waals surface area contributed by atoms with Gasteiger partial charge < -0.3 is 9.47 Å². The van der Waals surface area contributed by atoms with Crippen LogP contribution in [0.25, 0.3) is 0 Å². The monoisotopic (exact) mass is 524 g/mol. The molecule has 0 amide bonds. The predicted molar refractivity (Wildman–Crippen MR) is 120 cm³/mol. The van der Waals surface area contributed by atoms with Crippen molar-refractivity contribution in [1.82, 2.24) is 0 Å². The van der Waals surface area contributed by atoms with Crippen molar-refractivity contribution in [3.63, 3.8) is 0 Å². The molecule has 0 bridgehead atoms. The zero-order valence-corrected chi connectivity index (χ0v) is 21.1. The molecule has 0 heterocycles. The van der Waals surface area contributed by atoms with Crippen LogP contribution in [0.2, 0.25) is 0 Å². The number of halogens is 3. The number of hydrogen-bond acceptors (Lipinski definition) is 7. The largest absolute Gasteiger partial charge is 0.524 e. The fourth-order valence-corrected chi connectivity index (χ4v) is 5.46. The molecule has 0 radical (unpaired) electrons. The van der Waals surface area contributed by atoms with E-state index >= 15 is 0 Å². The summed E-state index contributed by atoms with van der Waals surface area (Å²) in [5, 5.41) is -1.88. The van der Waals surface area contributed by atoms with Gasteiger partial charge in [-0.05, 0) is 76.9 Å². The molecule has 0 unspecified atom stereocenters. The van der Waals surface area contributed by atoms with Crippen molar-refractivity contribution in [3.05, 3.63) is 59.7 Å². The van der Waals surface area contributed by atoms with E-state index < -0.39 is 42.2 Å². The molecule has 0 atom stereocenters. The summed E-state index contributed by atoms with van der Waals surface area (Å²) in [7, 11) is -11.8. The highest BCUT2D eigenvalue weighted by molar-refractivity contribution is 8.00. The van der Waals surface area contributed by atoms with E-state index in [2.05, 4.69) is 3.63 Å². The molecular weight excluding hydrogens is 497 g/mol. The molecule has 0 N–H and O–H groups in total. The minimum atomic E-state index is -6.42. The molecule has 190 valence electrons. The van der Waals surface area contributed by atoms with Gasteiger partial charge in [-0.2, -0.15) is 30.0 Å². The Morgan fingerprint density at radius 1 is 0.647 bits per heavy atom. The number of hydrogen-bond donors (Lipinski definition) is 0. The molecule has 0 fully saturated rings. The van der Waals surface area contributed by atoms with Gasteiger partial charge in [0.2, 0.25) is 0 Å². The minimum absolute atomic E-state index is 0.0249. The number of benzene rings is 2. The Bertz CT molecular complexity index is 1130. The SMILES string of the molecule is CC(C)(C)Oc1ccc(C(c2ccc(OC(C)(C)C)cc2)S(=O)(=O)OS(=O)(=O)C(F)(F)F)cc1. The molecule has 0 aliphatic rings. The molecule has 2 aromatic carbocycles. The molecule has 0 spiro atoms. The second-order valence-corrected chi connectivity index (χ2v) is 12.8. The second kappa shape index (κ2) is 9.38. The molecule has 0 aliphatic heterocycles. The molecule has 12 heteroatoms. The third-order valence-corrected chi connectivity index (χ3v) is 7.13. The molecule has 34 heavy (non-hydrogen) atoms. The summed E-state index contributed by atoms with van der Waals surface area (Å²) in [4.78, 5) is 0. The summed E-state index contributed by atoms with van der Waals surface area (Å²) in [6.07, 6.45) is 0.